The molecule has 2 atom stereocenters. The Balaban J connectivity index is 1.66. The molecule has 0 bridgehead atoms. The zero-order valence-corrected chi connectivity index (χ0v) is 10.1. The first-order valence-corrected chi connectivity index (χ1v) is 6.62. The summed E-state index contributed by atoms with van der Waals surface area (Å²) in [6, 6.07) is 9.88. The van der Waals surface area contributed by atoms with E-state index < -0.39 is 0 Å². The van der Waals surface area contributed by atoms with Gasteiger partial charge in [0, 0.05) is 18.6 Å². The van der Waals surface area contributed by atoms with Crippen molar-refractivity contribution >= 4 is 0 Å². The van der Waals surface area contributed by atoms with Gasteiger partial charge in [0.2, 0.25) is 0 Å². The predicted molar refractivity (Wildman–Crippen MR) is 67.6 cm³/mol. The van der Waals surface area contributed by atoms with Gasteiger partial charge in [-0.15, -0.1) is 0 Å². The smallest absolute Gasteiger partial charge is 0.0682 e. The van der Waals surface area contributed by atoms with Crippen LogP contribution in [0.4, 0.5) is 0 Å². The van der Waals surface area contributed by atoms with Crippen molar-refractivity contribution in [3.05, 3.63) is 35.4 Å². The van der Waals surface area contributed by atoms with E-state index in [1.54, 1.807) is 0 Å². The Labute approximate surface area is 103 Å². The van der Waals surface area contributed by atoms with Crippen LogP contribution in [-0.2, 0) is 11.3 Å². The van der Waals surface area contributed by atoms with E-state index in [0.29, 0.717) is 12.1 Å². The highest BCUT2D eigenvalue weighted by molar-refractivity contribution is 5.34. The van der Waals surface area contributed by atoms with Crippen molar-refractivity contribution in [2.75, 3.05) is 13.2 Å². The van der Waals surface area contributed by atoms with Crippen molar-refractivity contribution < 1.29 is 4.84 Å². The largest absolute Gasteiger partial charge is 0.306 e. The number of nitrogens with one attached hydrogen (secondary N) is 2. The van der Waals surface area contributed by atoms with Crippen molar-refractivity contribution in [2.24, 2.45) is 0 Å². The third-order valence-electron chi connectivity index (χ3n) is 3.80. The van der Waals surface area contributed by atoms with Gasteiger partial charge in [0.15, 0.2) is 0 Å². The minimum absolute atomic E-state index is 0.536. The number of fused-ring (bicyclic) bond motifs is 1. The van der Waals surface area contributed by atoms with Crippen LogP contribution < -0.4 is 10.8 Å². The average Bonchev–Trinajstić information content (AvgIpc) is 2.59. The lowest BCUT2D eigenvalue weighted by Crippen LogP contribution is -2.38. The number of hydrogen-bond donors (Lipinski definition) is 2. The molecule has 3 rings (SSSR count). The van der Waals surface area contributed by atoms with Crippen molar-refractivity contribution in [3.8, 4) is 0 Å². The molecule has 0 radical (unpaired) electrons. The summed E-state index contributed by atoms with van der Waals surface area (Å²) in [5.74, 6) is 0. The maximum Gasteiger partial charge on any atom is 0.0682 e. The van der Waals surface area contributed by atoms with Crippen LogP contribution in [0.15, 0.2) is 24.3 Å². The van der Waals surface area contributed by atoms with E-state index in [1.807, 2.05) is 0 Å². The second-order valence-corrected chi connectivity index (χ2v) is 4.99. The topological polar surface area (TPSA) is 33.3 Å². The third kappa shape index (κ3) is 2.51. The molecule has 17 heavy (non-hydrogen) atoms. The predicted octanol–water partition coefficient (Wildman–Crippen LogP) is 1.95. The van der Waals surface area contributed by atoms with E-state index in [4.69, 9.17) is 4.84 Å². The zero-order valence-electron chi connectivity index (χ0n) is 10.1. The van der Waals surface area contributed by atoms with E-state index >= 15 is 0 Å². The molecule has 2 unspecified atom stereocenters. The minimum Gasteiger partial charge on any atom is -0.306 e. The lowest BCUT2D eigenvalue weighted by Gasteiger charge is -2.21. The lowest BCUT2D eigenvalue weighted by molar-refractivity contribution is 0.0502. The van der Waals surface area contributed by atoms with Crippen LogP contribution >= 0.6 is 0 Å². The van der Waals surface area contributed by atoms with E-state index in [9.17, 15) is 0 Å². The molecule has 1 aliphatic heterocycles. The normalized spacial score (nSPS) is 28.7. The van der Waals surface area contributed by atoms with Gasteiger partial charge in [-0.05, 0) is 36.8 Å². The summed E-state index contributed by atoms with van der Waals surface area (Å²) in [7, 11) is 0. The van der Waals surface area contributed by atoms with Gasteiger partial charge in [-0.1, -0.05) is 24.3 Å². The van der Waals surface area contributed by atoms with E-state index in [2.05, 4.69) is 35.1 Å². The molecule has 0 spiro atoms. The molecule has 1 fully saturated rings. The first-order chi connectivity index (χ1) is 8.43. The van der Waals surface area contributed by atoms with Crippen molar-refractivity contribution in [1.82, 2.24) is 10.8 Å². The van der Waals surface area contributed by atoms with Gasteiger partial charge in [0.25, 0.3) is 0 Å². The van der Waals surface area contributed by atoms with Gasteiger partial charge in [0.05, 0.1) is 6.61 Å². The Morgan fingerprint density at radius 2 is 2.18 bits per heavy atom. The molecule has 3 nitrogen and oxygen atoms in total. The highest BCUT2D eigenvalue weighted by Crippen LogP contribution is 2.31. The molecule has 0 aromatic heterocycles. The first-order valence-electron chi connectivity index (χ1n) is 6.62. The van der Waals surface area contributed by atoms with E-state index in [0.717, 1.165) is 19.6 Å². The summed E-state index contributed by atoms with van der Waals surface area (Å²) in [5, 5.41) is 3.77. The van der Waals surface area contributed by atoms with Gasteiger partial charge in [-0.25, -0.2) is 5.48 Å². The molecule has 92 valence electrons. The highest BCUT2D eigenvalue weighted by atomic mass is 16.6. The molecule has 3 heteroatoms. The quantitative estimate of drug-likeness (QED) is 0.817. The SMILES string of the molecule is c1ccc2c(c1)CCC2NC1CCCONC1. The number of hydroxylamine groups is 1. The number of rotatable bonds is 2. The summed E-state index contributed by atoms with van der Waals surface area (Å²) in [5.41, 5.74) is 6.05. The standard InChI is InChI=1S/C14H20N2O/c1-2-6-13-11(4-1)7-8-14(13)16-12-5-3-9-17-15-10-12/h1-2,4,6,12,14-16H,3,5,7-10H2. The van der Waals surface area contributed by atoms with Crippen LogP contribution in [-0.4, -0.2) is 19.2 Å². The molecular weight excluding hydrogens is 212 g/mol. The molecule has 1 aromatic rings. The van der Waals surface area contributed by atoms with Gasteiger partial charge < -0.3 is 10.2 Å². The third-order valence-corrected chi connectivity index (χ3v) is 3.80. The first kappa shape index (κ1) is 11.2. The van der Waals surface area contributed by atoms with Crippen LogP contribution in [0.2, 0.25) is 0 Å². The molecule has 1 saturated heterocycles. The Bertz CT molecular complexity index is 372. The van der Waals surface area contributed by atoms with Crippen LogP contribution in [0.3, 0.4) is 0 Å². The summed E-state index contributed by atoms with van der Waals surface area (Å²) in [6.07, 6.45) is 4.78. The Morgan fingerprint density at radius 3 is 3.18 bits per heavy atom. The monoisotopic (exact) mass is 232 g/mol. The van der Waals surface area contributed by atoms with Gasteiger partial charge in [0.1, 0.15) is 0 Å². The fourth-order valence-corrected chi connectivity index (χ4v) is 2.89. The van der Waals surface area contributed by atoms with Crippen molar-refractivity contribution in [3.63, 3.8) is 0 Å². The molecule has 1 aliphatic carbocycles. The maximum absolute atomic E-state index is 5.27. The summed E-state index contributed by atoms with van der Waals surface area (Å²) < 4.78 is 0. The molecular formula is C14H20N2O. The number of hydrogen-bond acceptors (Lipinski definition) is 3. The molecule has 0 saturated carbocycles. The zero-order chi connectivity index (χ0) is 11.5. The maximum atomic E-state index is 5.27. The van der Waals surface area contributed by atoms with Crippen LogP contribution in [0.1, 0.15) is 36.4 Å². The number of benzene rings is 1. The van der Waals surface area contributed by atoms with Crippen molar-refractivity contribution in [2.45, 2.75) is 37.8 Å². The number of aryl methyl sites for hydroxylation is 1. The molecule has 1 heterocycles. The average molecular weight is 232 g/mol. The minimum atomic E-state index is 0.536. The van der Waals surface area contributed by atoms with Gasteiger partial charge in [-0.3, -0.25) is 0 Å². The second kappa shape index (κ2) is 5.17. The van der Waals surface area contributed by atoms with Crippen LogP contribution in [0.5, 0.6) is 0 Å². The summed E-state index contributed by atoms with van der Waals surface area (Å²) in [6.45, 7) is 1.75. The molecule has 0 amide bonds. The van der Waals surface area contributed by atoms with E-state index in [1.165, 1.54) is 30.4 Å². The van der Waals surface area contributed by atoms with E-state index in [-0.39, 0.29) is 0 Å². The molecule has 2 N–H and O–H groups in total. The molecule has 2 aliphatic rings. The Morgan fingerprint density at radius 1 is 1.24 bits per heavy atom. The van der Waals surface area contributed by atoms with Crippen LogP contribution in [0.25, 0.3) is 0 Å². The molecule has 1 aromatic carbocycles. The summed E-state index contributed by atoms with van der Waals surface area (Å²) >= 11 is 0. The summed E-state index contributed by atoms with van der Waals surface area (Å²) in [4.78, 5) is 5.27. The lowest BCUT2D eigenvalue weighted by atomic mass is 10.1. The second-order valence-electron chi connectivity index (χ2n) is 4.99. The fraction of sp³-hybridized carbons (Fsp3) is 0.571. The van der Waals surface area contributed by atoms with Gasteiger partial charge >= 0.3 is 0 Å². The Kier molecular flexibility index (Phi) is 3.41. The van der Waals surface area contributed by atoms with Crippen molar-refractivity contribution in [1.29, 1.82) is 0 Å². The fourth-order valence-electron chi connectivity index (χ4n) is 2.89. The highest BCUT2D eigenvalue weighted by Gasteiger charge is 2.24. The van der Waals surface area contributed by atoms with Crippen LogP contribution in [0, 0.1) is 0 Å². The Hall–Kier alpha value is -0.900. The van der Waals surface area contributed by atoms with Gasteiger partial charge in [-0.2, -0.15) is 0 Å².